The summed E-state index contributed by atoms with van der Waals surface area (Å²) in [5.74, 6) is 0.360. The fourth-order valence-corrected chi connectivity index (χ4v) is 4.63. The number of benzene rings is 2. The average Bonchev–Trinajstić information content (AvgIpc) is 3.32. The number of nitrogens with one attached hydrogen (secondary N) is 2. The molecule has 5 rings (SSSR count). The van der Waals surface area contributed by atoms with Crippen molar-refractivity contribution < 1.29 is 0 Å². The average molecular weight is 487 g/mol. The predicted molar refractivity (Wildman–Crippen MR) is 129 cm³/mol. The molecule has 0 aliphatic carbocycles. The molecule has 0 radical (unpaired) electrons. The Morgan fingerprint density at radius 3 is 2.50 bits per heavy atom. The van der Waals surface area contributed by atoms with E-state index in [9.17, 15) is 0 Å². The zero-order valence-electron chi connectivity index (χ0n) is 16.7. The standard InChI is InChI=1S/C22H18Cl3N7/c23-15-1-12(2-16(24)6-15)7-27-8-18-5-13-3-17(25)4-14(19(13)31-18)9-32-11-30-20-21(26)28-10-29-22(20)32/h1-6,10-11,27,31H,7-9H2,(H2,26,28,29). The quantitative estimate of drug-likeness (QED) is 0.307. The Kier molecular flexibility index (Phi) is 5.65. The van der Waals surface area contributed by atoms with E-state index >= 15 is 0 Å². The van der Waals surface area contributed by atoms with Crippen LogP contribution in [0.5, 0.6) is 0 Å². The summed E-state index contributed by atoms with van der Waals surface area (Å²) in [6, 6.07) is 11.5. The maximum atomic E-state index is 6.41. The van der Waals surface area contributed by atoms with Gasteiger partial charge in [-0.1, -0.05) is 34.8 Å². The van der Waals surface area contributed by atoms with Crippen molar-refractivity contribution >= 4 is 62.7 Å². The van der Waals surface area contributed by atoms with E-state index in [0.29, 0.717) is 51.7 Å². The second-order valence-electron chi connectivity index (χ2n) is 7.51. The number of nitrogens with two attached hydrogens (primary N) is 1. The minimum absolute atomic E-state index is 0.360. The molecule has 0 bridgehead atoms. The number of hydrogen-bond acceptors (Lipinski definition) is 5. The van der Waals surface area contributed by atoms with Gasteiger partial charge in [-0.05, 0) is 47.5 Å². The normalized spacial score (nSPS) is 11.6. The third kappa shape index (κ3) is 4.25. The van der Waals surface area contributed by atoms with Gasteiger partial charge in [0.25, 0.3) is 0 Å². The second-order valence-corrected chi connectivity index (χ2v) is 8.82. The molecule has 0 spiro atoms. The highest BCUT2D eigenvalue weighted by Gasteiger charge is 2.12. The first-order chi connectivity index (χ1) is 15.5. The van der Waals surface area contributed by atoms with Crippen LogP contribution in [0.1, 0.15) is 16.8 Å². The highest BCUT2D eigenvalue weighted by atomic mass is 35.5. The Morgan fingerprint density at radius 2 is 1.69 bits per heavy atom. The first kappa shape index (κ1) is 21.0. The number of aromatic nitrogens is 5. The molecule has 0 atom stereocenters. The molecule has 10 heteroatoms. The molecule has 32 heavy (non-hydrogen) atoms. The smallest absolute Gasteiger partial charge is 0.165 e. The van der Waals surface area contributed by atoms with Crippen LogP contribution in [-0.2, 0) is 19.6 Å². The fraction of sp³-hybridized carbons (Fsp3) is 0.136. The van der Waals surface area contributed by atoms with Gasteiger partial charge < -0.3 is 20.6 Å². The number of aromatic amines is 1. The summed E-state index contributed by atoms with van der Waals surface area (Å²) in [6.07, 6.45) is 3.15. The van der Waals surface area contributed by atoms with Crippen molar-refractivity contribution in [3.05, 3.63) is 80.9 Å². The van der Waals surface area contributed by atoms with E-state index in [2.05, 4.69) is 31.3 Å². The molecule has 0 fully saturated rings. The minimum Gasteiger partial charge on any atom is -0.382 e. The first-order valence-corrected chi connectivity index (χ1v) is 11.0. The van der Waals surface area contributed by atoms with Gasteiger partial charge in [-0.15, -0.1) is 0 Å². The maximum absolute atomic E-state index is 6.41. The van der Waals surface area contributed by atoms with Crippen LogP contribution in [0.3, 0.4) is 0 Å². The third-order valence-electron chi connectivity index (χ3n) is 5.17. The minimum atomic E-state index is 0.360. The number of nitrogen functional groups attached to an aromatic ring is 1. The van der Waals surface area contributed by atoms with Crippen LogP contribution in [0.2, 0.25) is 15.1 Å². The van der Waals surface area contributed by atoms with Crippen molar-refractivity contribution in [3.63, 3.8) is 0 Å². The molecule has 3 heterocycles. The molecule has 5 aromatic rings. The number of anilines is 1. The van der Waals surface area contributed by atoms with Crippen LogP contribution in [0.15, 0.2) is 49.1 Å². The van der Waals surface area contributed by atoms with Gasteiger partial charge in [0.2, 0.25) is 0 Å². The number of halogens is 3. The first-order valence-electron chi connectivity index (χ1n) is 9.83. The third-order valence-corrected chi connectivity index (χ3v) is 5.82. The summed E-state index contributed by atoms with van der Waals surface area (Å²) in [4.78, 5) is 16.2. The lowest BCUT2D eigenvalue weighted by molar-refractivity contribution is 0.683. The summed E-state index contributed by atoms with van der Waals surface area (Å²) in [5, 5.41) is 6.36. The SMILES string of the molecule is Nc1ncnc2c1ncn2Cc1cc(Cl)cc2cc(CNCc3cc(Cl)cc(Cl)c3)[nH]c12. The van der Waals surface area contributed by atoms with E-state index < -0.39 is 0 Å². The van der Waals surface area contributed by atoms with Crippen molar-refractivity contribution in [3.8, 4) is 0 Å². The molecular formula is C22H18Cl3N7. The fourth-order valence-electron chi connectivity index (χ4n) is 3.81. The predicted octanol–water partition coefficient (Wildman–Crippen LogP) is 5.19. The van der Waals surface area contributed by atoms with E-state index in [0.717, 1.165) is 27.7 Å². The second kappa shape index (κ2) is 8.60. The molecule has 0 aliphatic heterocycles. The van der Waals surface area contributed by atoms with Crippen molar-refractivity contribution in [2.75, 3.05) is 5.73 Å². The Hall–Kier alpha value is -2.84. The summed E-state index contributed by atoms with van der Waals surface area (Å²) in [5.41, 5.74) is 11.3. The van der Waals surface area contributed by atoms with Crippen molar-refractivity contribution in [2.24, 2.45) is 0 Å². The molecule has 2 aromatic carbocycles. The van der Waals surface area contributed by atoms with Crippen molar-refractivity contribution in [2.45, 2.75) is 19.6 Å². The van der Waals surface area contributed by atoms with Gasteiger partial charge in [-0.25, -0.2) is 15.0 Å². The summed E-state index contributed by atoms with van der Waals surface area (Å²) < 4.78 is 1.93. The van der Waals surface area contributed by atoms with Crippen LogP contribution in [0, 0.1) is 0 Å². The van der Waals surface area contributed by atoms with E-state index in [4.69, 9.17) is 40.5 Å². The molecular weight excluding hydrogens is 469 g/mol. The van der Waals surface area contributed by atoms with Gasteiger partial charge in [0, 0.05) is 39.2 Å². The van der Waals surface area contributed by atoms with E-state index in [1.165, 1.54) is 6.33 Å². The Labute approximate surface area is 198 Å². The van der Waals surface area contributed by atoms with Crippen LogP contribution < -0.4 is 11.1 Å². The number of rotatable bonds is 6. The highest BCUT2D eigenvalue weighted by Crippen LogP contribution is 2.27. The Morgan fingerprint density at radius 1 is 0.906 bits per heavy atom. The van der Waals surface area contributed by atoms with E-state index in [1.807, 2.05) is 28.8 Å². The van der Waals surface area contributed by atoms with Crippen LogP contribution in [0.4, 0.5) is 5.82 Å². The summed E-state index contributed by atoms with van der Waals surface area (Å²) >= 11 is 18.6. The van der Waals surface area contributed by atoms with Crippen LogP contribution >= 0.6 is 34.8 Å². The van der Waals surface area contributed by atoms with E-state index in [-0.39, 0.29) is 0 Å². The molecule has 7 nitrogen and oxygen atoms in total. The molecule has 3 aromatic heterocycles. The van der Waals surface area contributed by atoms with Gasteiger partial charge in [0.05, 0.1) is 18.4 Å². The highest BCUT2D eigenvalue weighted by molar-refractivity contribution is 6.34. The number of nitrogens with zero attached hydrogens (tertiary/aromatic N) is 4. The van der Waals surface area contributed by atoms with Gasteiger partial charge in [-0.2, -0.15) is 0 Å². The molecule has 0 saturated carbocycles. The lowest BCUT2D eigenvalue weighted by Crippen LogP contribution is -2.12. The van der Waals surface area contributed by atoms with Crippen LogP contribution in [-0.4, -0.2) is 24.5 Å². The van der Waals surface area contributed by atoms with Gasteiger partial charge in [0.1, 0.15) is 11.8 Å². The molecule has 0 aliphatic rings. The van der Waals surface area contributed by atoms with Crippen molar-refractivity contribution in [1.82, 2.24) is 29.8 Å². The topological polar surface area (TPSA) is 97.4 Å². The summed E-state index contributed by atoms with van der Waals surface area (Å²) in [7, 11) is 0. The molecule has 0 unspecified atom stereocenters. The Bertz CT molecular complexity index is 1420. The Balaban J connectivity index is 1.39. The number of H-pyrrole nitrogens is 1. The maximum Gasteiger partial charge on any atom is 0.165 e. The number of fused-ring (bicyclic) bond motifs is 2. The molecule has 0 amide bonds. The lowest BCUT2D eigenvalue weighted by Gasteiger charge is -2.07. The van der Waals surface area contributed by atoms with Gasteiger partial charge in [-0.3, -0.25) is 0 Å². The lowest BCUT2D eigenvalue weighted by atomic mass is 10.1. The van der Waals surface area contributed by atoms with E-state index in [1.54, 1.807) is 12.4 Å². The van der Waals surface area contributed by atoms with Gasteiger partial charge >= 0.3 is 0 Å². The number of imidazole rings is 1. The van der Waals surface area contributed by atoms with Crippen molar-refractivity contribution in [1.29, 1.82) is 0 Å². The molecule has 162 valence electrons. The number of hydrogen-bond donors (Lipinski definition) is 3. The largest absolute Gasteiger partial charge is 0.382 e. The van der Waals surface area contributed by atoms with Crippen LogP contribution in [0.25, 0.3) is 22.1 Å². The zero-order chi connectivity index (χ0) is 22.2. The molecule has 0 saturated heterocycles. The zero-order valence-corrected chi connectivity index (χ0v) is 19.0. The van der Waals surface area contributed by atoms with Gasteiger partial charge in [0.15, 0.2) is 11.5 Å². The summed E-state index contributed by atoms with van der Waals surface area (Å²) in [6.45, 7) is 1.83. The molecule has 4 N–H and O–H groups in total. The monoisotopic (exact) mass is 485 g/mol.